The van der Waals surface area contributed by atoms with Gasteiger partial charge in [0.25, 0.3) is 0 Å². The number of urea groups is 1. The number of hydrogen-bond donors (Lipinski definition) is 2. The molecular weight excluding hydrogens is 406 g/mol. The molecular formula is C24H27N5OS. The average molecular weight is 434 g/mol. The Morgan fingerprint density at radius 1 is 1.29 bits per heavy atom. The predicted molar refractivity (Wildman–Crippen MR) is 128 cm³/mol. The zero-order valence-electron chi connectivity index (χ0n) is 17.8. The first-order chi connectivity index (χ1) is 15.1. The first-order valence-electron chi connectivity index (χ1n) is 10.7. The molecule has 1 fully saturated rings. The number of hydrogen-bond acceptors (Lipinski definition) is 4. The predicted octanol–water partition coefficient (Wildman–Crippen LogP) is 4.83. The molecule has 31 heavy (non-hydrogen) atoms. The van der Waals surface area contributed by atoms with Crippen LogP contribution in [0.15, 0.2) is 54.2 Å². The number of carbonyl (C=O) groups excluding carboxylic acids is 1. The van der Waals surface area contributed by atoms with E-state index in [0.717, 1.165) is 29.7 Å². The molecule has 0 radical (unpaired) electrons. The highest BCUT2D eigenvalue weighted by Gasteiger charge is 2.32. The zero-order valence-corrected chi connectivity index (χ0v) is 18.7. The Kier molecular flexibility index (Phi) is 5.28. The van der Waals surface area contributed by atoms with Crippen LogP contribution >= 0.6 is 11.3 Å². The third-order valence-corrected chi connectivity index (χ3v) is 7.53. The number of thiophene rings is 1. The van der Waals surface area contributed by atoms with E-state index in [0.29, 0.717) is 19.0 Å². The Morgan fingerprint density at radius 2 is 2.16 bits per heavy atom. The molecule has 1 aliphatic rings. The standard InChI is InChI=1S/C24H27N5OS/c1-16-9-12-29(24(30)27-13-22-18-6-4-3-5-17(18)15-31-22)14-21(16)28(2)20-8-11-26-23-19(20)7-10-25-23/h3-8,10-11,15-16,21H,9,12-14H2,1-2H3,(H,25,26)(H,27,30). The van der Waals surface area contributed by atoms with Gasteiger partial charge in [0.2, 0.25) is 0 Å². The molecule has 160 valence electrons. The van der Waals surface area contributed by atoms with E-state index in [1.807, 2.05) is 29.4 Å². The van der Waals surface area contributed by atoms with Gasteiger partial charge in [0, 0.05) is 54.5 Å². The highest BCUT2D eigenvalue weighted by atomic mass is 32.1. The smallest absolute Gasteiger partial charge is 0.317 e. The minimum atomic E-state index is 0.0179. The van der Waals surface area contributed by atoms with Crippen molar-refractivity contribution in [1.82, 2.24) is 20.2 Å². The molecule has 1 aromatic carbocycles. The van der Waals surface area contributed by atoms with E-state index in [1.165, 1.54) is 15.6 Å². The fourth-order valence-electron chi connectivity index (χ4n) is 4.63. The maximum absolute atomic E-state index is 13.0. The fraction of sp³-hybridized carbons (Fsp3) is 0.333. The van der Waals surface area contributed by atoms with Crippen LogP contribution in [-0.2, 0) is 6.54 Å². The van der Waals surface area contributed by atoms with Crippen LogP contribution in [-0.4, -0.2) is 47.1 Å². The number of rotatable bonds is 4. The molecule has 4 aromatic rings. The van der Waals surface area contributed by atoms with Crippen molar-refractivity contribution in [2.24, 2.45) is 5.92 Å². The topological polar surface area (TPSA) is 64.3 Å². The van der Waals surface area contributed by atoms with E-state index in [-0.39, 0.29) is 12.1 Å². The number of likely N-dealkylation sites (tertiary alicyclic amines) is 1. The van der Waals surface area contributed by atoms with E-state index < -0.39 is 0 Å². The number of aromatic nitrogens is 2. The van der Waals surface area contributed by atoms with Crippen molar-refractivity contribution in [3.05, 3.63) is 59.0 Å². The number of aromatic amines is 1. The summed E-state index contributed by atoms with van der Waals surface area (Å²) in [5.74, 6) is 0.498. The molecule has 0 spiro atoms. The number of benzene rings is 1. The van der Waals surface area contributed by atoms with Gasteiger partial charge >= 0.3 is 6.03 Å². The summed E-state index contributed by atoms with van der Waals surface area (Å²) in [5, 5.41) is 8.88. The Morgan fingerprint density at radius 3 is 3.06 bits per heavy atom. The van der Waals surface area contributed by atoms with Crippen LogP contribution in [0.2, 0.25) is 0 Å². The molecule has 1 saturated heterocycles. The van der Waals surface area contributed by atoms with Gasteiger partial charge in [0.1, 0.15) is 5.65 Å². The summed E-state index contributed by atoms with van der Waals surface area (Å²) in [6.45, 7) is 4.35. The lowest BCUT2D eigenvalue weighted by atomic mass is 9.92. The van der Waals surface area contributed by atoms with Gasteiger partial charge in [-0.25, -0.2) is 9.78 Å². The lowest BCUT2D eigenvalue weighted by Crippen LogP contribution is -2.54. The van der Waals surface area contributed by atoms with E-state index in [2.05, 4.69) is 63.8 Å². The van der Waals surface area contributed by atoms with Gasteiger partial charge in [-0.05, 0) is 40.6 Å². The van der Waals surface area contributed by atoms with E-state index in [9.17, 15) is 4.79 Å². The van der Waals surface area contributed by atoms with Gasteiger partial charge < -0.3 is 20.1 Å². The zero-order chi connectivity index (χ0) is 21.4. The largest absolute Gasteiger partial charge is 0.369 e. The van der Waals surface area contributed by atoms with Crippen molar-refractivity contribution in [2.45, 2.75) is 25.9 Å². The van der Waals surface area contributed by atoms with Gasteiger partial charge in [-0.2, -0.15) is 0 Å². The number of H-pyrrole nitrogens is 1. The monoisotopic (exact) mass is 433 g/mol. The fourth-order valence-corrected chi connectivity index (χ4v) is 5.57. The molecule has 5 rings (SSSR count). The normalized spacial score (nSPS) is 19.1. The number of nitrogens with one attached hydrogen (secondary N) is 2. The van der Waals surface area contributed by atoms with E-state index >= 15 is 0 Å². The summed E-state index contributed by atoms with van der Waals surface area (Å²) in [5.41, 5.74) is 2.04. The summed E-state index contributed by atoms with van der Waals surface area (Å²) in [6.07, 6.45) is 4.76. The highest BCUT2D eigenvalue weighted by Crippen LogP contribution is 2.30. The minimum absolute atomic E-state index is 0.0179. The van der Waals surface area contributed by atoms with Crippen molar-refractivity contribution in [1.29, 1.82) is 0 Å². The molecule has 0 bridgehead atoms. The first-order valence-corrected chi connectivity index (χ1v) is 11.6. The van der Waals surface area contributed by atoms with Crippen LogP contribution < -0.4 is 10.2 Å². The van der Waals surface area contributed by atoms with Gasteiger partial charge in [0.15, 0.2) is 0 Å². The molecule has 2 amide bonds. The number of nitrogens with zero attached hydrogens (tertiary/aromatic N) is 3. The Labute approximate surface area is 185 Å². The van der Waals surface area contributed by atoms with Crippen LogP contribution in [0.3, 0.4) is 0 Å². The summed E-state index contributed by atoms with van der Waals surface area (Å²) < 4.78 is 0. The third-order valence-electron chi connectivity index (χ3n) is 6.51. The molecule has 0 aliphatic carbocycles. The van der Waals surface area contributed by atoms with Gasteiger partial charge in [-0.15, -0.1) is 11.3 Å². The highest BCUT2D eigenvalue weighted by molar-refractivity contribution is 7.11. The number of carbonyl (C=O) groups is 1. The molecule has 4 heterocycles. The van der Waals surface area contributed by atoms with Crippen molar-refractivity contribution in [3.8, 4) is 0 Å². The second-order valence-electron chi connectivity index (χ2n) is 8.37. The SMILES string of the molecule is CC1CCN(C(=O)NCc2scc3ccccc23)CC1N(C)c1ccnc2[nH]ccc12. The van der Waals surface area contributed by atoms with Crippen molar-refractivity contribution in [3.63, 3.8) is 0 Å². The average Bonchev–Trinajstić information content (AvgIpc) is 3.44. The lowest BCUT2D eigenvalue weighted by Gasteiger charge is -2.42. The first kappa shape index (κ1) is 19.9. The van der Waals surface area contributed by atoms with Gasteiger partial charge in [-0.1, -0.05) is 31.2 Å². The molecule has 0 saturated carbocycles. The number of piperidine rings is 1. The second kappa shape index (κ2) is 8.23. The Bertz CT molecular complexity index is 1210. The summed E-state index contributed by atoms with van der Waals surface area (Å²) in [4.78, 5) is 26.1. The van der Waals surface area contributed by atoms with E-state index in [1.54, 1.807) is 11.3 Å². The number of fused-ring (bicyclic) bond motifs is 2. The van der Waals surface area contributed by atoms with Crippen LogP contribution in [0.1, 0.15) is 18.2 Å². The number of pyridine rings is 1. The molecule has 2 atom stereocenters. The second-order valence-corrected chi connectivity index (χ2v) is 9.33. The number of anilines is 1. The van der Waals surface area contributed by atoms with E-state index in [4.69, 9.17) is 0 Å². The van der Waals surface area contributed by atoms with Crippen LogP contribution in [0.5, 0.6) is 0 Å². The summed E-state index contributed by atoms with van der Waals surface area (Å²) >= 11 is 1.71. The van der Waals surface area contributed by atoms with Crippen molar-refractivity contribution < 1.29 is 4.79 Å². The molecule has 3 aromatic heterocycles. The van der Waals surface area contributed by atoms with Gasteiger partial charge in [0.05, 0.1) is 6.54 Å². The van der Waals surface area contributed by atoms with Gasteiger partial charge in [-0.3, -0.25) is 0 Å². The molecule has 2 N–H and O–H groups in total. The summed E-state index contributed by atoms with van der Waals surface area (Å²) in [6, 6.07) is 12.7. The number of amides is 2. The number of likely N-dealkylation sites (N-methyl/N-ethyl adjacent to an activating group) is 1. The Balaban J connectivity index is 1.28. The van der Waals surface area contributed by atoms with Crippen molar-refractivity contribution in [2.75, 3.05) is 25.0 Å². The van der Waals surface area contributed by atoms with Crippen LogP contribution in [0.4, 0.5) is 10.5 Å². The maximum Gasteiger partial charge on any atom is 0.317 e. The summed E-state index contributed by atoms with van der Waals surface area (Å²) in [7, 11) is 2.13. The molecule has 2 unspecified atom stereocenters. The van der Waals surface area contributed by atoms with Crippen LogP contribution in [0, 0.1) is 5.92 Å². The molecule has 6 nitrogen and oxygen atoms in total. The third kappa shape index (κ3) is 3.74. The minimum Gasteiger partial charge on any atom is -0.369 e. The quantitative estimate of drug-likeness (QED) is 0.484. The lowest BCUT2D eigenvalue weighted by molar-refractivity contribution is 0.161. The maximum atomic E-state index is 13.0. The molecule has 7 heteroatoms. The molecule has 1 aliphatic heterocycles. The van der Waals surface area contributed by atoms with Crippen molar-refractivity contribution >= 4 is 44.9 Å². The van der Waals surface area contributed by atoms with Crippen LogP contribution in [0.25, 0.3) is 21.8 Å². The Hall–Kier alpha value is -3.06.